The molecule has 3 rings (SSSR count). The number of nitrogens with zero attached hydrogens (tertiary/aromatic N) is 1. The third-order valence-electron chi connectivity index (χ3n) is 5.83. The van der Waals surface area contributed by atoms with Crippen LogP contribution in [-0.2, 0) is 4.74 Å². The first kappa shape index (κ1) is 18.7. The summed E-state index contributed by atoms with van der Waals surface area (Å²) >= 11 is 0. The Hall–Kier alpha value is -1.10. The van der Waals surface area contributed by atoms with Crippen LogP contribution in [0.5, 0.6) is 5.75 Å². The fourth-order valence-corrected chi connectivity index (χ4v) is 4.29. The number of hydrogen-bond donors (Lipinski definition) is 1. The van der Waals surface area contributed by atoms with Crippen LogP contribution in [0.1, 0.15) is 44.6 Å². The molecule has 2 saturated heterocycles. The lowest BCUT2D eigenvalue weighted by Crippen LogP contribution is -2.50. The summed E-state index contributed by atoms with van der Waals surface area (Å²) in [6.45, 7) is 10.1. The standard InChI is InChI=1S/C21H34N2O2/c1-16(19-8-4-5-9-21(19)24-3)13-22-20-10-11-23(14-17(20)2)15-18-7-6-12-25-18/h4-5,8-9,16-18,20,22H,6-7,10-15H2,1-3H3. The number of benzene rings is 1. The highest BCUT2D eigenvalue weighted by Gasteiger charge is 2.28. The van der Waals surface area contributed by atoms with Gasteiger partial charge in [0.15, 0.2) is 0 Å². The fourth-order valence-electron chi connectivity index (χ4n) is 4.29. The van der Waals surface area contributed by atoms with Crippen molar-refractivity contribution in [3.63, 3.8) is 0 Å². The molecule has 4 atom stereocenters. The monoisotopic (exact) mass is 346 g/mol. The zero-order chi connectivity index (χ0) is 17.6. The second-order valence-electron chi connectivity index (χ2n) is 7.82. The van der Waals surface area contributed by atoms with E-state index in [1.807, 2.05) is 6.07 Å². The van der Waals surface area contributed by atoms with Crippen LogP contribution in [0.3, 0.4) is 0 Å². The van der Waals surface area contributed by atoms with Gasteiger partial charge >= 0.3 is 0 Å². The first-order chi connectivity index (χ1) is 12.2. The van der Waals surface area contributed by atoms with Gasteiger partial charge in [-0.3, -0.25) is 0 Å². The highest BCUT2D eigenvalue weighted by Crippen LogP contribution is 2.26. The minimum atomic E-state index is 0.452. The van der Waals surface area contributed by atoms with Crippen molar-refractivity contribution >= 4 is 0 Å². The molecule has 0 aromatic heterocycles. The molecule has 2 heterocycles. The summed E-state index contributed by atoms with van der Waals surface area (Å²) in [6.07, 6.45) is 4.18. The van der Waals surface area contributed by atoms with Gasteiger partial charge in [0.2, 0.25) is 0 Å². The summed E-state index contributed by atoms with van der Waals surface area (Å²) in [5, 5.41) is 3.82. The molecule has 25 heavy (non-hydrogen) atoms. The molecule has 2 fully saturated rings. The second kappa shape index (κ2) is 9.02. The van der Waals surface area contributed by atoms with E-state index in [1.54, 1.807) is 7.11 Å². The quantitative estimate of drug-likeness (QED) is 0.821. The lowest BCUT2D eigenvalue weighted by molar-refractivity contribution is 0.0513. The predicted molar refractivity (Wildman–Crippen MR) is 102 cm³/mol. The maximum atomic E-state index is 5.80. The minimum Gasteiger partial charge on any atom is -0.496 e. The number of rotatable bonds is 7. The van der Waals surface area contributed by atoms with Gasteiger partial charge in [-0.15, -0.1) is 0 Å². The average molecular weight is 347 g/mol. The van der Waals surface area contributed by atoms with Crippen molar-refractivity contribution in [2.45, 2.75) is 51.2 Å². The summed E-state index contributed by atoms with van der Waals surface area (Å²) in [5.74, 6) is 2.13. The largest absolute Gasteiger partial charge is 0.496 e. The first-order valence-electron chi connectivity index (χ1n) is 9.87. The van der Waals surface area contributed by atoms with Crippen LogP contribution in [0.4, 0.5) is 0 Å². The molecule has 0 radical (unpaired) electrons. The molecule has 4 heteroatoms. The summed E-state index contributed by atoms with van der Waals surface area (Å²) in [5.41, 5.74) is 1.29. The molecule has 1 aromatic rings. The van der Waals surface area contributed by atoms with E-state index < -0.39 is 0 Å². The maximum absolute atomic E-state index is 5.80. The average Bonchev–Trinajstić information content (AvgIpc) is 3.13. The summed E-state index contributed by atoms with van der Waals surface area (Å²) in [6, 6.07) is 8.98. The van der Waals surface area contributed by atoms with Gasteiger partial charge in [-0.2, -0.15) is 0 Å². The third kappa shape index (κ3) is 4.96. The normalized spacial score (nSPS) is 28.8. The van der Waals surface area contributed by atoms with Gasteiger partial charge in [0, 0.05) is 32.3 Å². The van der Waals surface area contributed by atoms with Gasteiger partial charge in [0.25, 0.3) is 0 Å². The van der Waals surface area contributed by atoms with Gasteiger partial charge < -0.3 is 19.7 Å². The number of ether oxygens (including phenoxy) is 2. The summed E-state index contributed by atoms with van der Waals surface area (Å²) < 4.78 is 11.3. The number of methoxy groups -OCH3 is 1. The molecule has 1 aromatic carbocycles. The van der Waals surface area contributed by atoms with E-state index in [0.29, 0.717) is 24.0 Å². The molecule has 0 amide bonds. The Morgan fingerprint density at radius 3 is 2.88 bits per heavy atom. The van der Waals surface area contributed by atoms with Gasteiger partial charge in [-0.05, 0) is 49.3 Å². The number of likely N-dealkylation sites (tertiary alicyclic amines) is 1. The van der Waals surface area contributed by atoms with Crippen LogP contribution in [0.15, 0.2) is 24.3 Å². The maximum Gasteiger partial charge on any atom is 0.122 e. The van der Waals surface area contributed by atoms with Crippen molar-refractivity contribution in [1.29, 1.82) is 0 Å². The topological polar surface area (TPSA) is 33.7 Å². The lowest BCUT2D eigenvalue weighted by Gasteiger charge is -2.38. The molecular formula is C21H34N2O2. The summed E-state index contributed by atoms with van der Waals surface area (Å²) in [4.78, 5) is 2.60. The first-order valence-corrected chi connectivity index (χ1v) is 9.87. The highest BCUT2D eigenvalue weighted by atomic mass is 16.5. The van der Waals surface area contributed by atoms with Gasteiger partial charge in [-0.25, -0.2) is 0 Å². The fraction of sp³-hybridized carbons (Fsp3) is 0.714. The van der Waals surface area contributed by atoms with Crippen molar-refractivity contribution in [2.24, 2.45) is 5.92 Å². The van der Waals surface area contributed by atoms with Crippen LogP contribution in [0.2, 0.25) is 0 Å². The van der Waals surface area contributed by atoms with Crippen LogP contribution in [0, 0.1) is 5.92 Å². The molecule has 2 aliphatic rings. The molecule has 2 aliphatic heterocycles. The van der Waals surface area contributed by atoms with E-state index in [-0.39, 0.29) is 0 Å². The lowest BCUT2D eigenvalue weighted by atomic mass is 9.92. The highest BCUT2D eigenvalue weighted by molar-refractivity contribution is 5.36. The van der Waals surface area contributed by atoms with E-state index in [1.165, 1.54) is 37.9 Å². The van der Waals surface area contributed by atoms with E-state index in [9.17, 15) is 0 Å². The molecular weight excluding hydrogens is 312 g/mol. The van der Waals surface area contributed by atoms with Crippen molar-refractivity contribution in [3.05, 3.63) is 29.8 Å². The second-order valence-corrected chi connectivity index (χ2v) is 7.82. The number of hydrogen-bond acceptors (Lipinski definition) is 4. The SMILES string of the molecule is COc1ccccc1C(C)CNC1CCN(CC2CCCO2)CC1C. The van der Waals surface area contributed by atoms with Crippen LogP contribution < -0.4 is 10.1 Å². The molecule has 0 saturated carbocycles. The number of piperidine rings is 1. The van der Waals surface area contributed by atoms with Crippen LogP contribution in [0.25, 0.3) is 0 Å². The molecule has 0 bridgehead atoms. The minimum absolute atomic E-state index is 0.452. The number of para-hydroxylation sites is 1. The third-order valence-corrected chi connectivity index (χ3v) is 5.83. The van der Waals surface area contributed by atoms with Crippen molar-refractivity contribution < 1.29 is 9.47 Å². The Bertz CT molecular complexity index is 530. The Morgan fingerprint density at radius 1 is 1.32 bits per heavy atom. The van der Waals surface area contributed by atoms with Crippen molar-refractivity contribution in [2.75, 3.05) is 39.9 Å². The molecule has 0 spiro atoms. The van der Waals surface area contributed by atoms with E-state index in [0.717, 1.165) is 25.4 Å². The Balaban J connectivity index is 1.45. The zero-order valence-corrected chi connectivity index (χ0v) is 16.0. The Labute approximate surface area is 152 Å². The molecule has 4 unspecified atom stereocenters. The molecule has 140 valence electrons. The smallest absolute Gasteiger partial charge is 0.122 e. The predicted octanol–water partition coefficient (Wildman–Crippen LogP) is 3.28. The van der Waals surface area contributed by atoms with Crippen LogP contribution in [-0.4, -0.2) is 56.9 Å². The molecule has 1 N–H and O–H groups in total. The molecule has 0 aliphatic carbocycles. The van der Waals surface area contributed by atoms with Gasteiger partial charge in [0.1, 0.15) is 5.75 Å². The van der Waals surface area contributed by atoms with Gasteiger partial charge in [-0.1, -0.05) is 32.0 Å². The van der Waals surface area contributed by atoms with E-state index in [2.05, 4.69) is 42.3 Å². The van der Waals surface area contributed by atoms with Crippen LogP contribution >= 0.6 is 0 Å². The van der Waals surface area contributed by atoms with Crippen molar-refractivity contribution in [3.8, 4) is 5.75 Å². The van der Waals surface area contributed by atoms with E-state index in [4.69, 9.17) is 9.47 Å². The van der Waals surface area contributed by atoms with E-state index >= 15 is 0 Å². The Morgan fingerprint density at radius 2 is 2.16 bits per heavy atom. The van der Waals surface area contributed by atoms with Crippen molar-refractivity contribution in [1.82, 2.24) is 10.2 Å². The summed E-state index contributed by atoms with van der Waals surface area (Å²) in [7, 11) is 1.75. The Kier molecular flexibility index (Phi) is 6.74. The number of nitrogens with one attached hydrogen (secondary N) is 1. The van der Waals surface area contributed by atoms with Gasteiger partial charge in [0.05, 0.1) is 13.2 Å². The zero-order valence-electron chi connectivity index (χ0n) is 16.0. The molecule has 4 nitrogen and oxygen atoms in total.